The number of rotatable bonds is 4. The van der Waals surface area contributed by atoms with E-state index in [1.54, 1.807) is 17.0 Å². The minimum atomic E-state index is -0.372. The number of hydrogen-bond acceptors (Lipinski definition) is 4. The molecule has 1 unspecified atom stereocenters. The van der Waals surface area contributed by atoms with Crippen molar-refractivity contribution in [2.75, 3.05) is 43.1 Å². The molecule has 2 aromatic carbocycles. The first-order valence-electron chi connectivity index (χ1n) is 10.3. The van der Waals surface area contributed by atoms with Crippen molar-refractivity contribution in [2.45, 2.75) is 25.8 Å². The Morgan fingerprint density at radius 3 is 2.63 bits per heavy atom. The number of halogens is 1. The SMILES string of the molecule is CC(=O)N1CCc2ccccc2C1CC(=O)Nc1ccc(N2CCOCC2)c(F)c1. The van der Waals surface area contributed by atoms with Crippen molar-refractivity contribution in [3.8, 4) is 0 Å². The Morgan fingerprint density at radius 1 is 1.13 bits per heavy atom. The fraction of sp³-hybridized carbons (Fsp3) is 0.391. The van der Waals surface area contributed by atoms with Gasteiger partial charge < -0.3 is 19.9 Å². The van der Waals surface area contributed by atoms with Gasteiger partial charge in [0.25, 0.3) is 0 Å². The van der Waals surface area contributed by atoms with Crippen LogP contribution >= 0.6 is 0 Å². The van der Waals surface area contributed by atoms with Crippen LogP contribution in [0.4, 0.5) is 15.8 Å². The fourth-order valence-corrected chi connectivity index (χ4v) is 4.28. The van der Waals surface area contributed by atoms with E-state index in [1.165, 1.54) is 13.0 Å². The van der Waals surface area contributed by atoms with E-state index >= 15 is 0 Å². The van der Waals surface area contributed by atoms with Crippen LogP contribution in [0.5, 0.6) is 0 Å². The van der Waals surface area contributed by atoms with Gasteiger partial charge in [0.1, 0.15) is 5.82 Å². The zero-order valence-electron chi connectivity index (χ0n) is 17.1. The van der Waals surface area contributed by atoms with E-state index in [9.17, 15) is 14.0 Å². The van der Waals surface area contributed by atoms with Crippen molar-refractivity contribution in [3.63, 3.8) is 0 Å². The van der Waals surface area contributed by atoms with Crippen LogP contribution in [0.3, 0.4) is 0 Å². The highest BCUT2D eigenvalue weighted by Gasteiger charge is 2.30. The lowest BCUT2D eigenvalue weighted by molar-refractivity contribution is -0.132. The van der Waals surface area contributed by atoms with Crippen molar-refractivity contribution in [1.82, 2.24) is 4.90 Å². The zero-order chi connectivity index (χ0) is 21.1. The number of anilines is 2. The van der Waals surface area contributed by atoms with Gasteiger partial charge in [0.2, 0.25) is 11.8 Å². The van der Waals surface area contributed by atoms with Crippen LogP contribution in [0.2, 0.25) is 0 Å². The molecule has 0 spiro atoms. The van der Waals surface area contributed by atoms with Crippen LogP contribution in [0.25, 0.3) is 0 Å². The summed E-state index contributed by atoms with van der Waals surface area (Å²) in [6.45, 7) is 4.56. The summed E-state index contributed by atoms with van der Waals surface area (Å²) < 4.78 is 19.9. The van der Waals surface area contributed by atoms with Crippen LogP contribution in [-0.2, 0) is 20.7 Å². The molecule has 2 aliphatic rings. The summed E-state index contributed by atoms with van der Waals surface area (Å²) in [5.41, 5.74) is 3.09. The number of nitrogens with one attached hydrogen (secondary N) is 1. The van der Waals surface area contributed by atoms with E-state index in [2.05, 4.69) is 5.32 Å². The molecule has 6 nitrogen and oxygen atoms in total. The van der Waals surface area contributed by atoms with Crippen molar-refractivity contribution in [2.24, 2.45) is 0 Å². The Bertz CT molecular complexity index is 943. The van der Waals surface area contributed by atoms with Gasteiger partial charge in [-0.25, -0.2) is 4.39 Å². The van der Waals surface area contributed by atoms with Crippen molar-refractivity contribution in [3.05, 3.63) is 59.4 Å². The first-order valence-corrected chi connectivity index (χ1v) is 10.3. The number of benzene rings is 2. The lowest BCUT2D eigenvalue weighted by atomic mass is 9.90. The molecule has 1 N–H and O–H groups in total. The van der Waals surface area contributed by atoms with Crippen molar-refractivity contribution < 1.29 is 18.7 Å². The molecule has 4 rings (SSSR count). The van der Waals surface area contributed by atoms with E-state index in [4.69, 9.17) is 4.74 Å². The number of ether oxygens (including phenoxy) is 1. The number of amides is 2. The van der Waals surface area contributed by atoms with Crippen LogP contribution in [0.15, 0.2) is 42.5 Å². The van der Waals surface area contributed by atoms with Gasteiger partial charge in [-0.05, 0) is 35.7 Å². The van der Waals surface area contributed by atoms with Crippen LogP contribution < -0.4 is 10.2 Å². The van der Waals surface area contributed by atoms with E-state index < -0.39 is 0 Å². The average molecular weight is 411 g/mol. The van der Waals surface area contributed by atoms with Crippen LogP contribution in [0, 0.1) is 5.82 Å². The Morgan fingerprint density at radius 2 is 1.90 bits per heavy atom. The maximum Gasteiger partial charge on any atom is 0.226 e. The molecule has 2 heterocycles. The molecule has 30 heavy (non-hydrogen) atoms. The van der Waals surface area contributed by atoms with Gasteiger partial charge in [0.05, 0.1) is 31.4 Å². The monoisotopic (exact) mass is 411 g/mol. The second-order valence-electron chi connectivity index (χ2n) is 7.69. The second-order valence-corrected chi connectivity index (χ2v) is 7.69. The van der Waals surface area contributed by atoms with Crippen LogP contribution in [0.1, 0.15) is 30.5 Å². The predicted molar refractivity (Wildman–Crippen MR) is 113 cm³/mol. The van der Waals surface area contributed by atoms with E-state index in [1.807, 2.05) is 29.2 Å². The third-order valence-corrected chi connectivity index (χ3v) is 5.78. The highest BCUT2D eigenvalue weighted by Crippen LogP contribution is 2.33. The number of carbonyl (C=O) groups excluding carboxylic acids is 2. The Kier molecular flexibility index (Phi) is 5.99. The first-order chi connectivity index (χ1) is 14.5. The third-order valence-electron chi connectivity index (χ3n) is 5.78. The number of carbonyl (C=O) groups is 2. The Labute approximate surface area is 175 Å². The van der Waals surface area contributed by atoms with Gasteiger partial charge >= 0.3 is 0 Å². The largest absolute Gasteiger partial charge is 0.378 e. The van der Waals surface area contributed by atoms with Gasteiger partial charge in [0.15, 0.2) is 0 Å². The summed E-state index contributed by atoms with van der Waals surface area (Å²) in [5.74, 6) is -0.673. The molecule has 7 heteroatoms. The number of hydrogen-bond donors (Lipinski definition) is 1. The molecule has 1 saturated heterocycles. The standard InChI is InChI=1S/C23H26FN3O3/c1-16(28)27-9-8-17-4-2-3-5-19(17)22(27)15-23(29)25-18-6-7-21(20(24)14-18)26-10-12-30-13-11-26/h2-7,14,22H,8-13,15H2,1H3,(H,25,29). The average Bonchev–Trinajstić information content (AvgIpc) is 2.74. The molecule has 158 valence electrons. The summed E-state index contributed by atoms with van der Waals surface area (Å²) in [6, 6.07) is 12.3. The second kappa shape index (κ2) is 8.83. The number of morpholine rings is 1. The highest BCUT2D eigenvalue weighted by atomic mass is 19.1. The number of fused-ring (bicyclic) bond motifs is 1. The molecule has 0 bridgehead atoms. The maximum absolute atomic E-state index is 14.6. The maximum atomic E-state index is 14.6. The normalized spacial score (nSPS) is 18.7. The summed E-state index contributed by atoms with van der Waals surface area (Å²) in [5, 5.41) is 2.79. The first kappa shape index (κ1) is 20.3. The van der Waals surface area contributed by atoms with E-state index in [0.29, 0.717) is 44.2 Å². The smallest absolute Gasteiger partial charge is 0.226 e. The zero-order valence-corrected chi connectivity index (χ0v) is 17.1. The summed E-state index contributed by atoms with van der Waals surface area (Å²) in [4.78, 5) is 28.6. The predicted octanol–water partition coefficient (Wildman–Crippen LogP) is 3.14. The molecule has 2 aromatic rings. The molecular weight excluding hydrogens is 385 g/mol. The summed E-state index contributed by atoms with van der Waals surface area (Å²) in [7, 11) is 0. The molecule has 0 aliphatic carbocycles. The molecule has 1 fully saturated rings. The minimum absolute atomic E-state index is 0.0526. The molecular formula is C23H26FN3O3. The fourth-order valence-electron chi connectivity index (χ4n) is 4.28. The highest BCUT2D eigenvalue weighted by molar-refractivity contribution is 5.92. The van der Waals surface area contributed by atoms with Gasteiger partial charge in [-0.15, -0.1) is 0 Å². The minimum Gasteiger partial charge on any atom is -0.378 e. The summed E-state index contributed by atoms with van der Waals surface area (Å²) in [6.07, 6.45) is 0.908. The van der Waals surface area contributed by atoms with Crippen molar-refractivity contribution in [1.29, 1.82) is 0 Å². The van der Waals surface area contributed by atoms with Crippen LogP contribution in [-0.4, -0.2) is 49.6 Å². The Hall–Kier alpha value is -2.93. The third kappa shape index (κ3) is 4.31. The molecule has 2 amide bonds. The molecule has 0 saturated carbocycles. The topological polar surface area (TPSA) is 61.9 Å². The van der Waals surface area contributed by atoms with E-state index in [-0.39, 0.29) is 30.1 Å². The van der Waals surface area contributed by atoms with Crippen molar-refractivity contribution >= 4 is 23.2 Å². The molecule has 2 aliphatic heterocycles. The molecule has 0 aromatic heterocycles. The van der Waals surface area contributed by atoms with Gasteiger partial charge in [-0.1, -0.05) is 24.3 Å². The quantitative estimate of drug-likeness (QED) is 0.840. The van der Waals surface area contributed by atoms with Gasteiger partial charge in [0, 0.05) is 32.2 Å². The van der Waals surface area contributed by atoms with Gasteiger partial charge in [-0.3, -0.25) is 9.59 Å². The Balaban J connectivity index is 1.47. The lowest BCUT2D eigenvalue weighted by Gasteiger charge is -2.36. The van der Waals surface area contributed by atoms with E-state index in [0.717, 1.165) is 17.5 Å². The summed E-state index contributed by atoms with van der Waals surface area (Å²) >= 11 is 0. The van der Waals surface area contributed by atoms with Gasteiger partial charge in [-0.2, -0.15) is 0 Å². The molecule has 1 atom stereocenters. The lowest BCUT2D eigenvalue weighted by Crippen LogP contribution is -2.40. The molecule has 0 radical (unpaired) electrons. The number of nitrogens with zero attached hydrogens (tertiary/aromatic N) is 2.